The Balaban J connectivity index is 1.70. The maximum atomic E-state index is 12.4. The number of hydrogen-bond acceptors (Lipinski definition) is 7. The zero-order valence-corrected chi connectivity index (χ0v) is 16.2. The van der Waals surface area contributed by atoms with Gasteiger partial charge in [-0.05, 0) is 24.6 Å². The number of ether oxygens (including phenoxy) is 2. The molecule has 10 heteroatoms. The van der Waals surface area contributed by atoms with Crippen LogP contribution in [0.1, 0.15) is 16.1 Å². The molecule has 3 rings (SSSR count). The average molecular weight is 410 g/mol. The molecule has 0 atom stereocenters. The summed E-state index contributed by atoms with van der Waals surface area (Å²) in [7, 11) is 1.38. The number of aryl methyl sites for hydroxylation is 1. The summed E-state index contributed by atoms with van der Waals surface area (Å²) in [5, 5.41) is 17.7. The molecule has 0 saturated heterocycles. The summed E-state index contributed by atoms with van der Waals surface area (Å²) in [6.07, 6.45) is 1.52. The second kappa shape index (κ2) is 8.86. The number of amides is 1. The Bertz CT molecular complexity index is 1090. The first-order valence-corrected chi connectivity index (χ1v) is 8.80. The quantitative estimate of drug-likeness (QED) is 0.360. The van der Waals surface area contributed by atoms with Crippen LogP contribution in [-0.2, 0) is 9.53 Å². The highest BCUT2D eigenvalue weighted by atomic mass is 16.6. The molecule has 0 aliphatic carbocycles. The number of nitro groups is 1. The summed E-state index contributed by atoms with van der Waals surface area (Å²) in [6.45, 7) is 0.974. The molecule has 0 bridgehead atoms. The minimum absolute atomic E-state index is 0.0504. The van der Waals surface area contributed by atoms with Crippen molar-refractivity contribution in [2.45, 2.75) is 6.92 Å². The highest BCUT2D eigenvalue weighted by molar-refractivity contribution is 5.97. The van der Waals surface area contributed by atoms with Crippen molar-refractivity contribution in [3.8, 4) is 11.4 Å². The maximum Gasteiger partial charge on any atom is 0.363 e. The Morgan fingerprint density at radius 2 is 1.90 bits per heavy atom. The minimum Gasteiger partial charge on any atom is -0.493 e. The summed E-state index contributed by atoms with van der Waals surface area (Å²) < 4.78 is 11.6. The number of nitro benzene ring substituents is 1. The van der Waals surface area contributed by atoms with Crippen LogP contribution in [0.5, 0.6) is 5.75 Å². The molecule has 154 valence electrons. The first kappa shape index (κ1) is 20.5. The predicted octanol–water partition coefficient (Wildman–Crippen LogP) is 2.89. The molecule has 1 N–H and O–H groups in total. The summed E-state index contributed by atoms with van der Waals surface area (Å²) in [5.74, 6) is -1.41. The topological polar surface area (TPSA) is 126 Å². The molecule has 0 aliphatic rings. The van der Waals surface area contributed by atoms with Gasteiger partial charge in [-0.3, -0.25) is 14.9 Å². The molecule has 10 nitrogen and oxygen atoms in total. The van der Waals surface area contributed by atoms with Crippen LogP contribution in [-0.4, -0.2) is 40.3 Å². The van der Waals surface area contributed by atoms with Gasteiger partial charge in [0.2, 0.25) is 5.69 Å². The standard InChI is InChI=1S/C20H18N4O6/c1-13-7-6-10-15(24(27)28)18(13)21-17(25)12-30-20(26)19-16(29-2)11-23(22-19)14-8-4-3-5-9-14/h3-11H,12H2,1-2H3,(H,21,25). The number of esters is 1. The largest absolute Gasteiger partial charge is 0.493 e. The van der Waals surface area contributed by atoms with Crippen LogP contribution < -0.4 is 10.1 Å². The first-order chi connectivity index (χ1) is 14.4. The Labute approximate surface area is 171 Å². The molecule has 0 aliphatic heterocycles. The van der Waals surface area contributed by atoms with Gasteiger partial charge in [0.1, 0.15) is 5.69 Å². The van der Waals surface area contributed by atoms with Crippen molar-refractivity contribution >= 4 is 23.3 Å². The summed E-state index contributed by atoms with van der Waals surface area (Å²) in [4.78, 5) is 35.1. The van der Waals surface area contributed by atoms with Crippen molar-refractivity contribution in [1.29, 1.82) is 0 Å². The Kier molecular flexibility index (Phi) is 6.06. The molecule has 0 spiro atoms. The summed E-state index contributed by atoms with van der Waals surface area (Å²) >= 11 is 0. The second-order valence-electron chi connectivity index (χ2n) is 6.18. The molecule has 1 amide bonds. The van der Waals surface area contributed by atoms with Crippen LogP contribution in [0.2, 0.25) is 0 Å². The van der Waals surface area contributed by atoms with Gasteiger partial charge in [-0.25, -0.2) is 9.48 Å². The molecule has 0 fully saturated rings. The third kappa shape index (κ3) is 4.43. The van der Waals surface area contributed by atoms with Crippen molar-refractivity contribution < 1.29 is 24.0 Å². The second-order valence-corrected chi connectivity index (χ2v) is 6.18. The zero-order chi connectivity index (χ0) is 21.7. The van der Waals surface area contributed by atoms with E-state index in [2.05, 4.69) is 10.4 Å². The van der Waals surface area contributed by atoms with E-state index in [9.17, 15) is 19.7 Å². The van der Waals surface area contributed by atoms with Gasteiger partial charge in [0, 0.05) is 6.07 Å². The van der Waals surface area contributed by atoms with Crippen LogP contribution in [0, 0.1) is 17.0 Å². The number of aromatic nitrogens is 2. The van der Waals surface area contributed by atoms with Gasteiger partial charge in [0.15, 0.2) is 12.4 Å². The number of para-hydroxylation sites is 2. The lowest BCUT2D eigenvalue weighted by molar-refractivity contribution is -0.384. The molecule has 0 radical (unpaired) electrons. The highest BCUT2D eigenvalue weighted by Gasteiger charge is 2.22. The smallest absolute Gasteiger partial charge is 0.363 e. The molecule has 3 aromatic rings. The Morgan fingerprint density at radius 3 is 2.57 bits per heavy atom. The van der Waals surface area contributed by atoms with Crippen LogP contribution >= 0.6 is 0 Å². The molecule has 0 saturated carbocycles. The number of carbonyl (C=O) groups excluding carboxylic acids is 2. The van der Waals surface area contributed by atoms with Crippen molar-refractivity contribution in [3.63, 3.8) is 0 Å². The van der Waals surface area contributed by atoms with Gasteiger partial charge in [-0.1, -0.05) is 30.3 Å². The van der Waals surface area contributed by atoms with E-state index < -0.39 is 23.4 Å². The van der Waals surface area contributed by atoms with E-state index in [4.69, 9.17) is 9.47 Å². The van der Waals surface area contributed by atoms with Crippen LogP contribution in [0.4, 0.5) is 11.4 Å². The van der Waals surface area contributed by atoms with Crippen LogP contribution in [0.25, 0.3) is 5.69 Å². The molecule has 1 heterocycles. The van der Waals surface area contributed by atoms with E-state index in [1.165, 1.54) is 30.1 Å². The number of nitrogens with zero attached hydrogens (tertiary/aromatic N) is 3. The summed E-state index contributed by atoms with van der Waals surface area (Å²) in [5.41, 5.74) is 0.912. The number of hydrogen-bond donors (Lipinski definition) is 1. The third-order valence-electron chi connectivity index (χ3n) is 4.16. The van der Waals surface area contributed by atoms with Gasteiger partial charge in [-0.2, -0.15) is 5.10 Å². The van der Waals surface area contributed by atoms with Crippen LogP contribution in [0.15, 0.2) is 54.7 Å². The van der Waals surface area contributed by atoms with E-state index >= 15 is 0 Å². The number of anilines is 1. The fourth-order valence-corrected chi connectivity index (χ4v) is 2.70. The number of rotatable bonds is 7. The van der Waals surface area contributed by atoms with Gasteiger partial charge in [0.25, 0.3) is 11.6 Å². The molecule has 1 aromatic heterocycles. The first-order valence-electron chi connectivity index (χ1n) is 8.80. The lowest BCUT2D eigenvalue weighted by Crippen LogP contribution is -2.22. The summed E-state index contributed by atoms with van der Waals surface area (Å²) in [6, 6.07) is 13.5. The molecular weight excluding hydrogens is 392 g/mol. The molecule has 0 unspecified atom stereocenters. The van der Waals surface area contributed by atoms with E-state index in [0.29, 0.717) is 11.3 Å². The lowest BCUT2D eigenvalue weighted by Gasteiger charge is -2.09. The van der Waals surface area contributed by atoms with Gasteiger partial charge in [-0.15, -0.1) is 0 Å². The number of nitrogens with one attached hydrogen (secondary N) is 1. The minimum atomic E-state index is -0.865. The third-order valence-corrected chi connectivity index (χ3v) is 4.16. The fraction of sp³-hybridized carbons (Fsp3) is 0.150. The number of carbonyl (C=O) groups is 2. The van der Waals surface area contributed by atoms with E-state index in [1.807, 2.05) is 18.2 Å². The normalized spacial score (nSPS) is 10.3. The molecule has 30 heavy (non-hydrogen) atoms. The van der Waals surface area contributed by atoms with Crippen molar-refractivity contribution in [1.82, 2.24) is 9.78 Å². The number of benzene rings is 2. The monoisotopic (exact) mass is 410 g/mol. The van der Waals surface area contributed by atoms with Crippen molar-refractivity contribution in [2.75, 3.05) is 19.0 Å². The fourth-order valence-electron chi connectivity index (χ4n) is 2.70. The van der Waals surface area contributed by atoms with Crippen molar-refractivity contribution in [2.24, 2.45) is 0 Å². The average Bonchev–Trinajstić information content (AvgIpc) is 3.18. The maximum absolute atomic E-state index is 12.4. The van der Waals surface area contributed by atoms with Gasteiger partial charge >= 0.3 is 5.97 Å². The highest BCUT2D eigenvalue weighted by Crippen LogP contribution is 2.27. The van der Waals surface area contributed by atoms with Gasteiger partial charge in [0.05, 0.1) is 23.9 Å². The van der Waals surface area contributed by atoms with Crippen LogP contribution in [0.3, 0.4) is 0 Å². The molecule has 2 aromatic carbocycles. The van der Waals surface area contributed by atoms with Crippen molar-refractivity contribution in [3.05, 3.63) is 76.1 Å². The Hall–Kier alpha value is -4.21. The number of methoxy groups -OCH3 is 1. The SMILES string of the molecule is COc1cn(-c2ccccc2)nc1C(=O)OCC(=O)Nc1c(C)cccc1[N+](=O)[O-]. The predicted molar refractivity (Wildman–Crippen MR) is 107 cm³/mol. The van der Waals surface area contributed by atoms with E-state index in [0.717, 1.165) is 0 Å². The van der Waals surface area contributed by atoms with Gasteiger partial charge < -0.3 is 14.8 Å². The zero-order valence-electron chi connectivity index (χ0n) is 16.2. The van der Waals surface area contributed by atoms with E-state index in [-0.39, 0.29) is 22.8 Å². The lowest BCUT2D eigenvalue weighted by atomic mass is 10.1. The molecular formula is C20H18N4O6. The van der Waals surface area contributed by atoms with E-state index in [1.54, 1.807) is 25.1 Å². The Morgan fingerprint density at radius 1 is 1.17 bits per heavy atom.